The van der Waals surface area contributed by atoms with Crippen molar-refractivity contribution in [2.45, 2.75) is 6.04 Å². The lowest BCUT2D eigenvalue weighted by molar-refractivity contribution is -0.132. The Hall–Kier alpha value is -4.13. The molecular weight excluding hydrogens is 413 g/mol. The van der Waals surface area contributed by atoms with Gasteiger partial charge in [-0.25, -0.2) is 4.39 Å². The Morgan fingerprint density at radius 1 is 0.938 bits per heavy atom. The fourth-order valence-corrected chi connectivity index (χ4v) is 3.80. The third-order valence-corrected chi connectivity index (χ3v) is 5.33. The molecule has 1 amide bonds. The molecule has 0 bridgehead atoms. The van der Waals surface area contributed by atoms with Crippen LogP contribution in [0.5, 0.6) is 11.5 Å². The van der Waals surface area contributed by atoms with Crippen molar-refractivity contribution in [3.63, 3.8) is 0 Å². The molecule has 3 aromatic rings. The predicted molar refractivity (Wildman–Crippen MR) is 117 cm³/mol. The molecule has 0 spiro atoms. The number of Topliss-reactive ketones (excluding diaryl/α,β-unsaturated/α-hetero) is 1. The number of aliphatic hydroxyl groups excluding tert-OH is 1. The zero-order valence-corrected chi connectivity index (χ0v) is 17.4. The smallest absolute Gasteiger partial charge is 0.300 e. The first-order valence-electron chi connectivity index (χ1n) is 9.80. The van der Waals surface area contributed by atoms with Gasteiger partial charge in [-0.3, -0.25) is 14.5 Å². The number of anilines is 1. The number of aliphatic hydroxyl groups is 1. The number of ether oxygens (including phenoxy) is 2. The van der Waals surface area contributed by atoms with E-state index in [0.29, 0.717) is 28.3 Å². The van der Waals surface area contributed by atoms with E-state index in [9.17, 15) is 19.1 Å². The van der Waals surface area contributed by atoms with Crippen molar-refractivity contribution >= 4 is 23.1 Å². The molecule has 3 aromatic carbocycles. The fourth-order valence-electron chi connectivity index (χ4n) is 3.80. The Kier molecular flexibility index (Phi) is 5.64. The van der Waals surface area contributed by atoms with Gasteiger partial charge in [0.1, 0.15) is 23.1 Å². The summed E-state index contributed by atoms with van der Waals surface area (Å²) in [6, 6.07) is 17.7. The predicted octanol–water partition coefficient (Wildman–Crippen LogP) is 4.47. The number of ketones is 1. The first kappa shape index (κ1) is 21.1. The summed E-state index contributed by atoms with van der Waals surface area (Å²) in [5.74, 6) is -1.63. The van der Waals surface area contributed by atoms with Gasteiger partial charge in [0, 0.05) is 16.8 Å². The number of methoxy groups -OCH3 is 2. The Morgan fingerprint density at radius 2 is 1.62 bits per heavy atom. The van der Waals surface area contributed by atoms with Crippen molar-refractivity contribution in [3.8, 4) is 11.5 Å². The average Bonchev–Trinajstić information content (AvgIpc) is 3.09. The van der Waals surface area contributed by atoms with Crippen LogP contribution in [0.15, 0.2) is 78.4 Å². The number of hydrogen-bond acceptors (Lipinski definition) is 5. The minimum absolute atomic E-state index is 0.0999. The molecular formula is C25H20FNO5. The van der Waals surface area contributed by atoms with E-state index in [1.165, 1.54) is 43.4 Å². The molecule has 1 N–H and O–H groups in total. The van der Waals surface area contributed by atoms with E-state index >= 15 is 0 Å². The molecule has 1 atom stereocenters. The lowest BCUT2D eigenvalue weighted by Gasteiger charge is -2.27. The van der Waals surface area contributed by atoms with Crippen molar-refractivity contribution in [2.75, 3.05) is 19.1 Å². The molecule has 1 fully saturated rings. The maximum absolute atomic E-state index is 13.6. The van der Waals surface area contributed by atoms with E-state index in [-0.39, 0.29) is 11.3 Å². The van der Waals surface area contributed by atoms with Crippen LogP contribution in [-0.4, -0.2) is 31.0 Å². The van der Waals surface area contributed by atoms with Crippen LogP contribution in [0.4, 0.5) is 10.1 Å². The molecule has 0 unspecified atom stereocenters. The summed E-state index contributed by atoms with van der Waals surface area (Å²) >= 11 is 0. The third-order valence-electron chi connectivity index (χ3n) is 5.33. The largest absolute Gasteiger partial charge is 0.507 e. The van der Waals surface area contributed by atoms with E-state index in [0.717, 1.165) is 0 Å². The maximum atomic E-state index is 13.6. The van der Waals surface area contributed by atoms with Crippen molar-refractivity contribution in [3.05, 3.63) is 95.3 Å². The third kappa shape index (κ3) is 3.58. The number of hydrogen-bond donors (Lipinski definition) is 1. The van der Waals surface area contributed by atoms with Crippen LogP contribution in [0.2, 0.25) is 0 Å². The zero-order valence-electron chi connectivity index (χ0n) is 17.4. The Morgan fingerprint density at radius 3 is 2.25 bits per heavy atom. The number of nitrogens with zero attached hydrogens (tertiary/aromatic N) is 1. The van der Waals surface area contributed by atoms with Crippen LogP contribution >= 0.6 is 0 Å². The number of benzene rings is 3. The molecule has 32 heavy (non-hydrogen) atoms. The highest BCUT2D eigenvalue weighted by Gasteiger charge is 2.48. The topological polar surface area (TPSA) is 76.1 Å². The van der Waals surface area contributed by atoms with Gasteiger partial charge in [0.2, 0.25) is 0 Å². The van der Waals surface area contributed by atoms with Gasteiger partial charge in [-0.15, -0.1) is 0 Å². The molecule has 6 nitrogen and oxygen atoms in total. The Bertz CT molecular complexity index is 1200. The van der Waals surface area contributed by atoms with Crippen LogP contribution in [0, 0.1) is 5.82 Å². The van der Waals surface area contributed by atoms with Crippen molar-refractivity contribution in [2.24, 2.45) is 0 Å². The molecule has 1 aliphatic heterocycles. The SMILES string of the molecule is COc1ccc(OC)c([C@H]2C(=C(O)c3ccccc3)C(=O)C(=O)N2c2ccc(F)cc2)c1. The van der Waals surface area contributed by atoms with Crippen molar-refractivity contribution in [1.82, 2.24) is 0 Å². The van der Waals surface area contributed by atoms with Gasteiger partial charge in [0.15, 0.2) is 0 Å². The van der Waals surface area contributed by atoms with Crippen molar-refractivity contribution < 1.29 is 28.6 Å². The molecule has 162 valence electrons. The molecule has 0 radical (unpaired) electrons. The summed E-state index contributed by atoms with van der Waals surface area (Å²) in [6.45, 7) is 0. The lowest BCUT2D eigenvalue weighted by Crippen LogP contribution is -2.29. The average molecular weight is 433 g/mol. The van der Waals surface area contributed by atoms with Crippen LogP contribution in [0.25, 0.3) is 5.76 Å². The molecule has 1 aliphatic rings. The van der Waals surface area contributed by atoms with E-state index in [1.54, 1.807) is 48.5 Å². The van der Waals surface area contributed by atoms with Crippen molar-refractivity contribution in [1.29, 1.82) is 0 Å². The second-order valence-electron chi connectivity index (χ2n) is 7.12. The van der Waals surface area contributed by atoms with Gasteiger partial charge in [0.05, 0.1) is 25.8 Å². The molecule has 1 heterocycles. The van der Waals surface area contributed by atoms with Crippen LogP contribution in [-0.2, 0) is 9.59 Å². The Labute approximate surface area is 184 Å². The lowest BCUT2D eigenvalue weighted by atomic mass is 9.94. The number of halogens is 1. The molecule has 4 rings (SSSR count). The van der Waals surface area contributed by atoms with Crippen LogP contribution in [0.3, 0.4) is 0 Å². The normalized spacial score (nSPS) is 17.5. The van der Waals surface area contributed by atoms with Gasteiger partial charge in [0.25, 0.3) is 11.7 Å². The highest BCUT2D eigenvalue weighted by molar-refractivity contribution is 6.51. The summed E-state index contributed by atoms with van der Waals surface area (Å²) < 4.78 is 24.4. The van der Waals surface area contributed by atoms with E-state index in [2.05, 4.69) is 0 Å². The highest BCUT2D eigenvalue weighted by Crippen LogP contribution is 2.45. The van der Waals surface area contributed by atoms with E-state index < -0.39 is 23.5 Å². The fraction of sp³-hybridized carbons (Fsp3) is 0.120. The molecule has 0 saturated carbocycles. The monoisotopic (exact) mass is 433 g/mol. The van der Waals surface area contributed by atoms with Gasteiger partial charge < -0.3 is 14.6 Å². The molecule has 1 saturated heterocycles. The summed E-state index contributed by atoms with van der Waals surface area (Å²) in [7, 11) is 2.96. The summed E-state index contributed by atoms with van der Waals surface area (Å²) in [6.07, 6.45) is 0. The zero-order chi connectivity index (χ0) is 22.8. The minimum atomic E-state index is -1.02. The van der Waals surface area contributed by atoms with E-state index in [4.69, 9.17) is 9.47 Å². The number of carbonyl (C=O) groups is 2. The maximum Gasteiger partial charge on any atom is 0.300 e. The summed E-state index contributed by atoms with van der Waals surface area (Å²) in [5.41, 5.74) is 1.02. The van der Waals surface area contributed by atoms with Gasteiger partial charge in [-0.05, 0) is 42.5 Å². The Balaban J connectivity index is 2.01. The second kappa shape index (κ2) is 8.55. The van der Waals surface area contributed by atoms with Gasteiger partial charge >= 0.3 is 0 Å². The first-order chi connectivity index (χ1) is 15.5. The minimum Gasteiger partial charge on any atom is -0.507 e. The summed E-state index contributed by atoms with van der Waals surface area (Å²) in [5, 5.41) is 11.1. The van der Waals surface area contributed by atoms with Crippen LogP contribution < -0.4 is 14.4 Å². The summed E-state index contributed by atoms with van der Waals surface area (Å²) in [4.78, 5) is 27.5. The molecule has 7 heteroatoms. The quantitative estimate of drug-likeness (QED) is 0.365. The van der Waals surface area contributed by atoms with E-state index in [1.807, 2.05) is 0 Å². The highest BCUT2D eigenvalue weighted by atomic mass is 19.1. The van der Waals surface area contributed by atoms with Gasteiger partial charge in [-0.2, -0.15) is 0 Å². The first-order valence-corrected chi connectivity index (χ1v) is 9.80. The number of rotatable bonds is 5. The number of carbonyl (C=O) groups excluding carboxylic acids is 2. The number of amides is 1. The molecule has 0 aliphatic carbocycles. The van der Waals surface area contributed by atoms with Gasteiger partial charge in [-0.1, -0.05) is 30.3 Å². The van der Waals surface area contributed by atoms with Crippen LogP contribution in [0.1, 0.15) is 17.2 Å². The standard InChI is InChI=1S/C25H20FNO5/c1-31-18-12-13-20(32-2)19(14-18)22-21(23(28)15-6-4-3-5-7-15)24(29)25(30)27(22)17-10-8-16(26)9-11-17/h3-14,22,28H,1-2H3/t22-/m0/s1. The second-order valence-corrected chi connectivity index (χ2v) is 7.12. The molecule has 0 aromatic heterocycles.